The van der Waals surface area contributed by atoms with E-state index >= 15 is 0 Å². The standard InChI is InChI=1S/C47H29N3S/c1-3-11-30(12-4-1)31-19-25-36(26-20-31)47-49-40(33-14-5-2-6-15-33)29-41(50-47)34-21-23-35(24-22-34)45-44-38-17-9-10-18-42(38)51-46(44)43-37-16-8-7-13-32(37)27-28-39(43)48-45/h1-29H. The van der Waals surface area contributed by atoms with Crippen molar-refractivity contribution < 1.29 is 0 Å². The van der Waals surface area contributed by atoms with Crippen LogP contribution in [0.25, 0.3) is 98.1 Å². The Morgan fingerprint density at radius 1 is 0.373 bits per heavy atom. The van der Waals surface area contributed by atoms with Crippen LogP contribution in [0.3, 0.4) is 0 Å². The third kappa shape index (κ3) is 5.16. The molecule has 0 spiro atoms. The third-order valence-electron chi connectivity index (χ3n) is 9.70. The zero-order chi connectivity index (χ0) is 33.7. The van der Waals surface area contributed by atoms with Crippen molar-refractivity contribution in [1.82, 2.24) is 15.0 Å². The summed E-state index contributed by atoms with van der Waals surface area (Å²) in [5, 5.41) is 6.15. The highest BCUT2D eigenvalue weighted by Gasteiger charge is 2.18. The molecule has 0 aliphatic carbocycles. The van der Waals surface area contributed by atoms with Crippen LogP contribution in [0.5, 0.6) is 0 Å². The Kier molecular flexibility index (Phi) is 7.00. The molecule has 4 heteroatoms. The molecule has 0 N–H and O–H groups in total. The number of hydrogen-bond acceptors (Lipinski definition) is 4. The van der Waals surface area contributed by atoms with E-state index in [1.54, 1.807) is 0 Å². The van der Waals surface area contributed by atoms with Crippen molar-refractivity contribution in [2.45, 2.75) is 0 Å². The summed E-state index contributed by atoms with van der Waals surface area (Å²) in [5.41, 5.74) is 10.3. The summed E-state index contributed by atoms with van der Waals surface area (Å²) in [6.45, 7) is 0. The Bertz CT molecular complexity index is 2880. The molecule has 0 saturated heterocycles. The van der Waals surface area contributed by atoms with E-state index in [1.165, 1.54) is 41.9 Å². The van der Waals surface area contributed by atoms with Crippen molar-refractivity contribution in [2.75, 3.05) is 0 Å². The lowest BCUT2D eigenvalue weighted by Crippen LogP contribution is -1.96. The fraction of sp³-hybridized carbons (Fsp3) is 0. The number of fused-ring (bicyclic) bond motifs is 7. The quantitative estimate of drug-likeness (QED) is 0.171. The van der Waals surface area contributed by atoms with E-state index in [4.69, 9.17) is 15.0 Å². The normalized spacial score (nSPS) is 11.5. The molecule has 3 heterocycles. The molecule has 3 aromatic heterocycles. The Labute approximate surface area is 299 Å². The van der Waals surface area contributed by atoms with Crippen molar-refractivity contribution in [3.05, 3.63) is 176 Å². The summed E-state index contributed by atoms with van der Waals surface area (Å²) in [4.78, 5) is 15.6. The van der Waals surface area contributed by atoms with Crippen LogP contribution in [0.4, 0.5) is 0 Å². The van der Waals surface area contributed by atoms with Crippen LogP contribution < -0.4 is 0 Å². The maximum atomic E-state index is 5.37. The van der Waals surface area contributed by atoms with Crippen LogP contribution in [0.1, 0.15) is 0 Å². The van der Waals surface area contributed by atoms with Gasteiger partial charge in [0.1, 0.15) is 0 Å². The lowest BCUT2D eigenvalue weighted by molar-refractivity contribution is 1.18. The molecule has 7 aromatic carbocycles. The van der Waals surface area contributed by atoms with E-state index in [-0.39, 0.29) is 0 Å². The maximum absolute atomic E-state index is 5.37. The summed E-state index contributed by atoms with van der Waals surface area (Å²) >= 11 is 1.86. The fourth-order valence-electron chi connectivity index (χ4n) is 7.16. The average molecular weight is 668 g/mol. The number of benzene rings is 7. The number of nitrogens with zero attached hydrogens (tertiary/aromatic N) is 3. The van der Waals surface area contributed by atoms with E-state index in [1.807, 2.05) is 23.5 Å². The van der Waals surface area contributed by atoms with Gasteiger partial charge in [0, 0.05) is 47.8 Å². The van der Waals surface area contributed by atoms with Gasteiger partial charge in [-0.05, 0) is 40.1 Å². The molecule has 0 aliphatic heterocycles. The van der Waals surface area contributed by atoms with E-state index in [0.29, 0.717) is 5.82 Å². The van der Waals surface area contributed by atoms with Gasteiger partial charge in [0.15, 0.2) is 5.82 Å². The predicted octanol–water partition coefficient (Wildman–Crippen LogP) is 12.9. The predicted molar refractivity (Wildman–Crippen MR) is 215 cm³/mol. The minimum absolute atomic E-state index is 0.699. The molecule has 0 unspecified atom stereocenters. The number of thiophene rings is 1. The number of aromatic nitrogens is 3. The molecule has 51 heavy (non-hydrogen) atoms. The van der Waals surface area contributed by atoms with Gasteiger partial charge in [-0.2, -0.15) is 0 Å². The van der Waals surface area contributed by atoms with Gasteiger partial charge in [0.05, 0.1) is 22.6 Å². The lowest BCUT2D eigenvalue weighted by Gasteiger charge is -2.12. The molecule has 10 rings (SSSR count). The molecular formula is C47H29N3S. The highest BCUT2D eigenvalue weighted by Crippen LogP contribution is 2.44. The molecule has 0 bridgehead atoms. The van der Waals surface area contributed by atoms with Crippen LogP contribution in [0.2, 0.25) is 0 Å². The second kappa shape index (κ2) is 12.1. The number of pyridine rings is 1. The molecule has 0 aliphatic rings. The van der Waals surface area contributed by atoms with Crippen molar-refractivity contribution in [1.29, 1.82) is 0 Å². The monoisotopic (exact) mass is 667 g/mol. The summed E-state index contributed by atoms with van der Waals surface area (Å²) in [5.74, 6) is 0.699. The van der Waals surface area contributed by atoms with Crippen LogP contribution in [0.15, 0.2) is 176 Å². The van der Waals surface area contributed by atoms with Gasteiger partial charge in [0.25, 0.3) is 0 Å². The van der Waals surface area contributed by atoms with Gasteiger partial charge >= 0.3 is 0 Å². The van der Waals surface area contributed by atoms with Crippen LogP contribution in [-0.4, -0.2) is 15.0 Å². The molecule has 0 fully saturated rings. The Balaban J connectivity index is 1.11. The van der Waals surface area contributed by atoms with E-state index in [2.05, 4.69) is 164 Å². The molecule has 0 atom stereocenters. The molecule has 238 valence electrons. The van der Waals surface area contributed by atoms with Gasteiger partial charge in [-0.25, -0.2) is 15.0 Å². The topological polar surface area (TPSA) is 38.7 Å². The lowest BCUT2D eigenvalue weighted by atomic mass is 9.98. The van der Waals surface area contributed by atoms with Crippen molar-refractivity contribution >= 4 is 53.2 Å². The first kappa shape index (κ1) is 29.4. The van der Waals surface area contributed by atoms with Gasteiger partial charge in [-0.15, -0.1) is 11.3 Å². The third-order valence-corrected chi connectivity index (χ3v) is 10.9. The van der Waals surface area contributed by atoms with Crippen molar-refractivity contribution in [2.24, 2.45) is 0 Å². The molecule has 0 amide bonds. The summed E-state index contributed by atoms with van der Waals surface area (Å²) in [6, 6.07) is 61.8. The summed E-state index contributed by atoms with van der Waals surface area (Å²) < 4.78 is 2.55. The minimum atomic E-state index is 0.699. The zero-order valence-electron chi connectivity index (χ0n) is 27.5. The maximum Gasteiger partial charge on any atom is 0.160 e. The first-order valence-electron chi connectivity index (χ1n) is 17.1. The second-order valence-electron chi connectivity index (χ2n) is 12.8. The van der Waals surface area contributed by atoms with Gasteiger partial charge in [0.2, 0.25) is 0 Å². The van der Waals surface area contributed by atoms with Crippen molar-refractivity contribution in [3.63, 3.8) is 0 Å². The average Bonchev–Trinajstić information content (AvgIpc) is 3.61. The Morgan fingerprint density at radius 3 is 1.67 bits per heavy atom. The molecular weight excluding hydrogens is 639 g/mol. The van der Waals surface area contributed by atoms with Crippen LogP contribution in [-0.2, 0) is 0 Å². The fourth-order valence-corrected chi connectivity index (χ4v) is 8.43. The zero-order valence-corrected chi connectivity index (χ0v) is 28.3. The Hall–Kier alpha value is -6.49. The van der Waals surface area contributed by atoms with Crippen LogP contribution in [0, 0.1) is 0 Å². The van der Waals surface area contributed by atoms with Crippen molar-refractivity contribution in [3.8, 4) is 56.3 Å². The number of hydrogen-bond donors (Lipinski definition) is 0. The van der Waals surface area contributed by atoms with E-state index < -0.39 is 0 Å². The molecule has 3 nitrogen and oxygen atoms in total. The molecule has 0 saturated carbocycles. The largest absolute Gasteiger partial charge is 0.247 e. The first-order valence-corrected chi connectivity index (χ1v) is 17.9. The van der Waals surface area contributed by atoms with Gasteiger partial charge in [-0.1, -0.05) is 158 Å². The highest BCUT2D eigenvalue weighted by molar-refractivity contribution is 7.27. The first-order chi connectivity index (χ1) is 25.3. The van der Waals surface area contributed by atoms with Gasteiger partial charge < -0.3 is 0 Å². The van der Waals surface area contributed by atoms with Gasteiger partial charge in [-0.3, -0.25) is 0 Å². The number of rotatable bonds is 5. The Morgan fingerprint density at radius 2 is 0.922 bits per heavy atom. The van der Waals surface area contributed by atoms with E-state index in [9.17, 15) is 0 Å². The second-order valence-corrected chi connectivity index (χ2v) is 13.8. The minimum Gasteiger partial charge on any atom is -0.247 e. The molecule has 0 radical (unpaired) electrons. The highest BCUT2D eigenvalue weighted by atomic mass is 32.1. The van der Waals surface area contributed by atoms with E-state index in [0.717, 1.165) is 50.4 Å². The summed E-state index contributed by atoms with van der Waals surface area (Å²) in [7, 11) is 0. The van der Waals surface area contributed by atoms with Crippen LogP contribution >= 0.6 is 11.3 Å². The smallest absolute Gasteiger partial charge is 0.160 e. The SMILES string of the molecule is c1ccc(-c2ccc(-c3nc(-c4ccccc4)cc(-c4ccc(-c5nc6ccc7ccccc7c6c6sc7ccccc7c56)cc4)n3)cc2)cc1. The molecule has 10 aromatic rings. The summed E-state index contributed by atoms with van der Waals surface area (Å²) in [6.07, 6.45) is 0.